The summed E-state index contributed by atoms with van der Waals surface area (Å²) in [5, 5.41) is 0. The van der Waals surface area contributed by atoms with Crippen molar-refractivity contribution >= 4 is 5.91 Å². The Morgan fingerprint density at radius 3 is 2.21 bits per heavy atom. The molecule has 2 N–H and O–H groups in total. The van der Waals surface area contributed by atoms with Gasteiger partial charge in [-0.25, -0.2) is 0 Å². The number of ether oxygens (including phenoxy) is 1. The second-order valence-electron chi connectivity index (χ2n) is 10.6. The molecule has 8 heteroatoms. The Hall–Kier alpha value is -2.58. The zero-order chi connectivity index (χ0) is 28.1. The number of nitrogens with zero attached hydrogens (tertiary/aromatic N) is 2. The summed E-state index contributed by atoms with van der Waals surface area (Å²) in [5.74, 6) is 0.703. The SMILES string of the molecule is CCC(C)[N+]1(C(C)c2ccc(OCCCCN)c(C)c2C)CCN(C(=O)c2ccc(C(F)(F)F)cc2)CC1. The summed E-state index contributed by atoms with van der Waals surface area (Å²) in [6.45, 7) is 15.1. The van der Waals surface area contributed by atoms with Crippen molar-refractivity contribution in [3.63, 3.8) is 0 Å². The van der Waals surface area contributed by atoms with E-state index in [4.69, 9.17) is 10.5 Å². The lowest BCUT2D eigenvalue weighted by Gasteiger charge is -2.52. The third kappa shape index (κ3) is 6.34. The molecule has 0 aromatic heterocycles. The van der Waals surface area contributed by atoms with E-state index in [2.05, 4.69) is 46.8 Å². The Morgan fingerprint density at radius 1 is 1.03 bits per heavy atom. The number of rotatable bonds is 10. The van der Waals surface area contributed by atoms with Crippen molar-refractivity contribution in [1.82, 2.24) is 4.90 Å². The maximum atomic E-state index is 13.1. The lowest BCUT2D eigenvalue weighted by molar-refractivity contribution is -0.979. The van der Waals surface area contributed by atoms with Crippen LogP contribution in [0.4, 0.5) is 13.2 Å². The van der Waals surface area contributed by atoms with E-state index >= 15 is 0 Å². The predicted octanol–water partition coefficient (Wildman–Crippen LogP) is 6.27. The zero-order valence-corrected chi connectivity index (χ0v) is 23.4. The van der Waals surface area contributed by atoms with Crippen LogP contribution in [0.1, 0.15) is 78.7 Å². The smallest absolute Gasteiger partial charge is 0.416 e. The average molecular weight is 535 g/mol. The van der Waals surface area contributed by atoms with E-state index in [0.717, 1.165) is 60.3 Å². The van der Waals surface area contributed by atoms with Gasteiger partial charge in [0.15, 0.2) is 0 Å². The molecule has 1 aliphatic rings. The van der Waals surface area contributed by atoms with Crippen molar-refractivity contribution in [2.24, 2.45) is 5.73 Å². The Morgan fingerprint density at radius 2 is 1.66 bits per heavy atom. The van der Waals surface area contributed by atoms with Crippen LogP contribution in [-0.2, 0) is 6.18 Å². The van der Waals surface area contributed by atoms with E-state index in [1.165, 1.54) is 23.3 Å². The van der Waals surface area contributed by atoms with Crippen molar-refractivity contribution in [3.05, 3.63) is 64.2 Å². The summed E-state index contributed by atoms with van der Waals surface area (Å²) >= 11 is 0. The number of amides is 1. The molecule has 2 unspecified atom stereocenters. The van der Waals surface area contributed by atoms with Crippen molar-refractivity contribution < 1.29 is 27.2 Å². The highest BCUT2D eigenvalue weighted by atomic mass is 19.4. The quantitative estimate of drug-likeness (QED) is 0.289. The highest BCUT2D eigenvalue weighted by Crippen LogP contribution is 2.38. The lowest BCUT2D eigenvalue weighted by atomic mass is 9.92. The van der Waals surface area contributed by atoms with Crippen molar-refractivity contribution in [2.75, 3.05) is 39.3 Å². The van der Waals surface area contributed by atoms with E-state index in [9.17, 15) is 18.0 Å². The second kappa shape index (κ2) is 12.5. The van der Waals surface area contributed by atoms with Gasteiger partial charge in [-0.1, -0.05) is 6.92 Å². The van der Waals surface area contributed by atoms with Gasteiger partial charge in [0.25, 0.3) is 5.91 Å². The number of piperazine rings is 1. The number of nitrogens with two attached hydrogens (primary N) is 1. The number of quaternary nitrogens is 1. The minimum absolute atomic E-state index is 0.212. The molecule has 210 valence electrons. The number of carbonyl (C=O) groups is 1. The van der Waals surface area contributed by atoms with E-state index in [-0.39, 0.29) is 11.9 Å². The standard InChI is InChI=1S/C30H43F3N3O2/c1-6-21(2)36(24(5)27-13-14-28(23(4)22(27)3)38-20-8-7-15-34)18-16-35(17-19-36)29(37)25-9-11-26(12-10-25)30(31,32)33/h9-14,21,24H,6-8,15-20,34H2,1-5H3/q+1. The van der Waals surface area contributed by atoms with Gasteiger partial charge in [-0.05, 0) is 101 Å². The number of halogens is 3. The van der Waals surface area contributed by atoms with Crippen LogP contribution in [0.3, 0.4) is 0 Å². The number of hydrogen-bond donors (Lipinski definition) is 1. The first-order valence-electron chi connectivity index (χ1n) is 13.7. The van der Waals surface area contributed by atoms with Crippen LogP contribution in [0.2, 0.25) is 0 Å². The highest BCUT2D eigenvalue weighted by Gasteiger charge is 2.44. The summed E-state index contributed by atoms with van der Waals surface area (Å²) in [6.07, 6.45) is -1.53. The number of hydrogen-bond acceptors (Lipinski definition) is 3. The van der Waals surface area contributed by atoms with Crippen molar-refractivity contribution in [2.45, 2.75) is 72.1 Å². The molecule has 38 heavy (non-hydrogen) atoms. The molecular formula is C30H43F3N3O2+. The molecule has 0 saturated carbocycles. The largest absolute Gasteiger partial charge is 0.493 e. The average Bonchev–Trinajstić information content (AvgIpc) is 2.91. The number of benzene rings is 2. The topological polar surface area (TPSA) is 55.6 Å². The van der Waals surface area contributed by atoms with E-state index in [1.807, 2.05) is 0 Å². The molecule has 2 aromatic carbocycles. The van der Waals surface area contributed by atoms with E-state index in [0.29, 0.717) is 37.8 Å². The van der Waals surface area contributed by atoms with Gasteiger partial charge < -0.3 is 19.9 Å². The van der Waals surface area contributed by atoms with Gasteiger partial charge in [0.2, 0.25) is 0 Å². The monoisotopic (exact) mass is 534 g/mol. The molecule has 1 aliphatic heterocycles. The van der Waals surface area contributed by atoms with Gasteiger partial charge >= 0.3 is 6.18 Å². The molecule has 3 rings (SSSR count). The number of unbranched alkanes of at least 4 members (excludes halogenated alkanes) is 1. The third-order valence-electron chi connectivity index (χ3n) is 8.64. The Kier molecular flexibility index (Phi) is 9.87. The van der Waals surface area contributed by atoms with E-state index < -0.39 is 11.7 Å². The fraction of sp³-hybridized carbons (Fsp3) is 0.567. The first-order chi connectivity index (χ1) is 18.0. The summed E-state index contributed by atoms with van der Waals surface area (Å²) in [5.41, 5.74) is 8.82. The van der Waals surface area contributed by atoms with Crippen LogP contribution < -0.4 is 10.5 Å². The molecule has 1 heterocycles. The fourth-order valence-electron chi connectivity index (χ4n) is 5.73. The van der Waals surface area contributed by atoms with Gasteiger partial charge in [0.1, 0.15) is 11.8 Å². The second-order valence-corrected chi connectivity index (χ2v) is 10.6. The minimum Gasteiger partial charge on any atom is -0.493 e. The molecule has 1 saturated heterocycles. The summed E-state index contributed by atoms with van der Waals surface area (Å²) in [7, 11) is 0. The van der Waals surface area contributed by atoms with Gasteiger partial charge in [-0.15, -0.1) is 0 Å². The molecule has 2 aromatic rings. The molecule has 0 spiro atoms. The summed E-state index contributed by atoms with van der Waals surface area (Å²) in [4.78, 5) is 14.9. The first-order valence-corrected chi connectivity index (χ1v) is 13.7. The molecule has 1 fully saturated rings. The molecule has 5 nitrogen and oxygen atoms in total. The number of alkyl halides is 3. The molecule has 0 bridgehead atoms. The number of carbonyl (C=O) groups excluding carboxylic acids is 1. The normalized spacial score (nSPS) is 17.2. The maximum absolute atomic E-state index is 13.1. The van der Waals surface area contributed by atoms with Crippen LogP contribution in [0, 0.1) is 13.8 Å². The molecule has 1 amide bonds. The maximum Gasteiger partial charge on any atom is 0.416 e. The Labute approximate surface area is 225 Å². The molecule has 0 radical (unpaired) electrons. The fourth-order valence-corrected chi connectivity index (χ4v) is 5.73. The Balaban J connectivity index is 1.77. The van der Waals surface area contributed by atoms with Gasteiger partial charge in [0.05, 0.1) is 44.4 Å². The Bertz CT molecular complexity index is 1080. The summed E-state index contributed by atoms with van der Waals surface area (Å²) in [6, 6.07) is 9.40. The van der Waals surface area contributed by atoms with Crippen LogP contribution in [-0.4, -0.2) is 60.7 Å². The van der Waals surface area contributed by atoms with Crippen LogP contribution in [0.15, 0.2) is 36.4 Å². The van der Waals surface area contributed by atoms with Crippen LogP contribution >= 0.6 is 0 Å². The molecular weight excluding hydrogens is 491 g/mol. The molecule has 2 atom stereocenters. The van der Waals surface area contributed by atoms with Gasteiger partial charge in [-0.3, -0.25) is 4.79 Å². The summed E-state index contributed by atoms with van der Waals surface area (Å²) < 4.78 is 45.7. The highest BCUT2D eigenvalue weighted by molar-refractivity contribution is 5.94. The first kappa shape index (κ1) is 30.0. The predicted molar refractivity (Wildman–Crippen MR) is 145 cm³/mol. The van der Waals surface area contributed by atoms with Crippen molar-refractivity contribution in [1.29, 1.82) is 0 Å². The molecule has 0 aliphatic carbocycles. The zero-order valence-electron chi connectivity index (χ0n) is 23.4. The van der Waals surface area contributed by atoms with Crippen molar-refractivity contribution in [3.8, 4) is 5.75 Å². The lowest BCUT2D eigenvalue weighted by Crippen LogP contribution is -2.64. The van der Waals surface area contributed by atoms with Crippen LogP contribution in [0.25, 0.3) is 0 Å². The van der Waals surface area contributed by atoms with Gasteiger partial charge in [-0.2, -0.15) is 13.2 Å². The van der Waals surface area contributed by atoms with Crippen LogP contribution in [0.5, 0.6) is 5.75 Å². The third-order valence-corrected chi connectivity index (χ3v) is 8.64. The van der Waals surface area contributed by atoms with E-state index in [1.54, 1.807) is 4.90 Å². The van der Waals surface area contributed by atoms with Gasteiger partial charge in [0, 0.05) is 11.1 Å². The minimum atomic E-state index is -4.42.